The molecule has 0 aliphatic carbocycles. The Hall–Kier alpha value is -3.34. The highest BCUT2D eigenvalue weighted by Gasteiger charge is 2.25. The maximum absolute atomic E-state index is 12.8. The number of nitrogens with one attached hydrogen (secondary N) is 2. The van der Waals surface area contributed by atoms with Gasteiger partial charge in [0.15, 0.2) is 5.84 Å². The largest absolute Gasteiger partial charge is 0.494 e. The summed E-state index contributed by atoms with van der Waals surface area (Å²) in [5.41, 5.74) is 0.899. The van der Waals surface area contributed by atoms with E-state index < -0.39 is 17.9 Å². The van der Waals surface area contributed by atoms with E-state index in [1.54, 1.807) is 42.3 Å². The monoisotopic (exact) mass is 592 g/mol. The standard InChI is InChI=1S/C28H34Cl2N4O6/c1-38-17-15-34-14-13-32-25(27(34)36)31-12-3-4-16-40-20-10-8-19(9-11-20)18-23(28(37)39-2)33-26(35)24-21(29)6-5-7-22(24)30/h5-11,23H,3-4,12-18H2,1-2H3,(H,31,32)(H,33,35)/t23-/m0/s1. The number of benzene rings is 2. The van der Waals surface area contributed by atoms with Gasteiger partial charge in [-0.1, -0.05) is 41.4 Å². The van der Waals surface area contributed by atoms with Crippen molar-refractivity contribution >= 4 is 46.8 Å². The summed E-state index contributed by atoms with van der Waals surface area (Å²) in [4.78, 5) is 43.6. The topological polar surface area (TPSA) is 119 Å². The Morgan fingerprint density at radius 2 is 1.77 bits per heavy atom. The third-order valence-electron chi connectivity index (χ3n) is 6.17. The molecule has 12 heteroatoms. The minimum Gasteiger partial charge on any atom is -0.494 e. The number of amides is 2. The van der Waals surface area contributed by atoms with Gasteiger partial charge in [0.25, 0.3) is 11.8 Å². The Bertz CT molecular complexity index is 1170. The van der Waals surface area contributed by atoms with Crippen LogP contribution >= 0.6 is 23.2 Å². The van der Waals surface area contributed by atoms with Gasteiger partial charge in [0.05, 0.1) is 42.5 Å². The highest BCUT2D eigenvalue weighted by atomic mass is 35.5. The summed E-state index contributed by atoms with van der Waals surface area (Å²) in [6.07, 6.45) is 1.79. The summed E-state index contributed by atoms with van der Waals surface area (Å²) >= 11 is 12.3. The molecule has 2 aromatic rings. The molecule has 1 aliphatic heterocycles. The van der Waals surface area contributed by atoms with Gasteiger partial charge in [0, 0.05) is 33.2 Å². The summed E-state index contributed by atoms with van der Waals surface area (Å²) < 4.78 is 15.7. The summed E-state index contributed by atoms with van der Waals surface area (Å²) in [6, 6.07) is 11.1. The number of ether oxygens (including phenoxy) is 3. The zero-order valence-corrected chi connectivity index (χ0v) is 24.1. The first-order chi connectivity index (χ1) is 19.3. The molecule has 2 aromatic carbocycles. The SMILES string of the molecule is COCCN1CCN=C(NCCCCOc2ccc(C[C@H](NC(=O)c3c(Cl)cccc3Cl)C(=O)OC)cc2)C1=O. The summed E-state index contributed by atoms with van der Waals surface area (Å²) in [6.45, 7) is 3.36. The van der Waals surface area contributed by atoms with Crippen LogP contribution < -0.4 is 15.4 Å². The van der Waals surface area contributed by atoms with Crippen molar-refractivity contribution in [2.24, 2.45) is 4.99 Å². The van der Waals surface area contributed by atoms with Gasteiger partial charge in [-0.15, -0.1) is 0 Å². The van der Waals surface area contributed by atoms with Crippen LogP contribution in [0.1, 0.15) is 28.8 Å². The van der Waals surface area contributed by atoms with E-state index >= 15 is 0 Å². The van der Waals surface area contributed by atoms with E-state index in [-0.39, 0.29) is 27.9 Å². The maximum atomic E-state index is 12.8. The van der Waals surface area contributed by atoms with Gasteiger partial charge in [0.1, 0.15) is 11.8 Å². The van der Waals surface area contributed by atoms with Crippen LogP contribution in [0.15, 0.2) is 47.5 Å². The van der Waals surface area contributed by atoms with Gasteiger partial charge in [-0.05, 0) is 42.7 Å². The molecular weight excluding hydrogens is 559 g/mol. The molecule has 0 spiro atoms. The van der Waals surface area contributed by atoms with Crippen LogP contribution in [0.25, 0.3) is 0 Å². The zero-order valence-electron chi connectivity index (χ0n) is 22.6. The van der Waals surface area contributed by atoms with E-state index in [4.69, 9.17) is 37.4 Å². The van der Waals surface area contributed by atoms with Crippen molar-refractivity contribution in [3.8, 4) is 5.75 Å². The third-order valence-corrected chi connectivity index (χ3v) is 6.80. The molecule has 1 atom stereocenters. The number of hydrogen-bond donors (Lipinski definition) is 2. The number of carbonyl (C=O) groups is 3. The Balaban J connectivity index is 1.43. The molecule has 0 fully saturated rings. The average molecular weight is 594 g/mol. The molecule has 216 valence electrons. The van der Waals surface area contributed by atoms with Crippen LogP contribution in [0.4, 0.5) is 0 Å². The lowest BCUT2D eigenvalue weighted by Gasteiger charge is -2.26. The van der Waals surface area contributed by atoms with Crippen LogP contribution in [0.5, 0.6) is 5.75 Å². The number of methoxy groups -OCH3 is 2. The van der Waals surface area contributed by atoms with Crippen molar-refractivity contribution in [1.82, 2.24) is 15.5 Å². The molecule has 0 bridgehead atoms. The fourth-order valence-corrected chi connectivity index (χ4v) is 4.58. The molecule has 0 aromatic heterocycles. The predicted molar refractivity (Wildman–Crippen MR) is 153 cm³/mol. The van der Waals surface area contributed by atoms with Gasteiger partial charge in [-0.25, -0.2) is 4.79 Å². The Labute approximate surface area is 244 Å². The summed E-state index contributed by atoms with van der Waals surface area (Å²) in [5.74, 6) is -0.173. The molecular formula is C28H34Cl2N4O6. The van der Waals surface area contributed by atoms with Crippen LogP contribution in [0.3, 0.4) is 0 Å². The number of halogens is 2. The second-order valence-electron chi connectivity index (χ2n) is 8.99. The Kier molecular flexibility index (Phi) is 12.5. The molecule has 10 nitrogen and oxygen atoms in total. The van der Waals surface area contributed by atoms with Gasteiger partial charge in [0.2, 0.25) is 0 Å². The lowest BCUT2D eigenvalue weighted by Crippen LogP contribution is -2.48. The van der Waals surface area contributed by atoms with Crippen molar-refractivity contribution < 1.29 is 28.6 Å². The van der Waals surface area contributed by atoms with Gasteiger partial charge in [-0.2, -0.15) is 0 Å². The molecule has 1 aliphatic rings. The number of hydrogen-bond acceptors (Lipinski definition) is 8. The van der Waals surface area contributed by atoms with Crippen molar-refractivity contribution in [3.63, 3.8) is 0 Å². The lowest BCUT2D eigenvalue weighted by atomic mass is 10.0. The second kappa shape index (κ2) is 16.1. The van der Waals surface area contributed by atoms with Crippen LogP contribution in [0.2, 0.25) is 10.0 Å². The summed E-state index contributed by atoms with van der Waals surface area (Å²) in [5, 5.41) is 6.16. The summed E-state index contributed by atoms with van der Waals surface area (Å²) in [7, 11) is 2.87. The lowest BCUT2D eigenvalue weighted by molar-refractivity contribution is -0.142. The van der Waals surface area contributed by atoms with E-state index in [0.29, 0.717) is 51.0 Å². The zero-order chi connectivity index (χ0) is 28.9. The van der Waals surface area contributed by atoms with Crippen LogP contribution in [-0.2, 0) is 25.5 Å². The highest BCUT2D eigenvalue weighted by Crippen LogP contribution is 2.24. The van der Waals surface area contributed by atoms with Crippen molar-refractivity contribution in [2.45, 2.75) is 25.3 Å². The molecule has 40 heavy (non-hydrogen) atoms. The first kappa shape index (κ1) is 31.2. The van der Waals surface area contributed by atoms with Crippen LogP contribution in [0, 0.1) is 0 Å². The third kappa shape index (κ3) is 9.11. The van der Waals surface area contributed by atoms with E-state index in [2.05, 4.69) is 15.6 Å². The van der Waals surface area contributed by atoms with E-state index in [9.17, 15) is 14.4 Å². The van der Waals surface area contributed by atoms with Crippen LogP contribution in [-0.4, -0.2) is 88.2 Å². The van der Waals surface area contributed by atoms with E-state index in [0.717, 1.165) is 18.4 Å². The van der Waals surface area contributed by atoms with Gasteiger partial charge >= 0.3 is 5.97 Å². The number of unbranched alkanes of at least 4 members (excludes halogenated alkanes) is 1. The first-order valence-corrected chi connectivity index (χ1v) is 13.7. The van der Waals surface area contributed by atoms with Gasteiger partial charge < -0.3 is 29.7 Å². The smallest absolute Gasteiger partial charge is 0.328 e. The quantitative estimate of drug-likeness (QED) is 0.255. The predicted octanol–water partition coefficient (Wildman–Crippen LogP) is 3.14. The normalized spacial score (nSPS) is 13.8. The second-order valence-corrected chi connectivity index (χ2v) is 9.81. The minimum absolute atomic E-state index is 0.0960. The molecule has 2 amide bonds. The van der Waals surface area contributed by atoms with Gasteiger partial charge in [-0.3, -0.25) is 14.6 Å². The molecule has 3 rings (SSSR count). The van der Waals surface area contributed by atoms with E-state index in [1.165, 1.54) is 7.11 Å². The van der Waals surface area contributed by atoms with Crippen molar-refractivity contribution in [1.29, 1.82) is 0 Å². The minimum atomic E-state index is -0.934. The maximum Gasteiger partial charge on any atom is 0.328 e. The number of aliphatic imine (C=N–C) groups is 1. The average Bonchev–Trinajstić information content (AvgIpc) is 2.95. The molecule has 2 N–H and O–H groups in total. The molecule has 1 heterocycles. The number of esters is 1. The number of amidine groups is 1. The Morgan fingerprint density at radius 1 is 1.05 bits per heavy atom. The molecule has 0 saturated heterocycles. The van der Waals surface area contributed by atoms with E-state index in [1.807, 2.05) is 12.1 Å². The van der Waals surface area contributed by atoms with Crippen molar-refractivity contribution in [3.05, 3.63) is 63.6 Å². The molecule has 0 unspecified atom stereocenters. The fraction of sp³-hybridized carbons (Fsp3) is 0.429. The number of rotatable bonds is 14. The number of nitrogens with zero attached hydrogens (tertiary/aromatic N) is 2. The number of carbonyl (C=O) groups excluding carboxylic acids is 3. The first-order valence-electron chi connectivity index (χ1n) is 12.9. The highest BCUT2D eigenvalue weighted by molar-refractivity contribution is 6.39. The molecule has 0 radical (unpaired) electrons. The van der Waals surface area contributed by atoms with Crippen molar-refractivity contribution in [2.75, 3.05) is 53.6 Å². The Morgan fingerprint density at radius 3 is 2.45 bits per heavy atom. The fourth-order valence-electron chi connectivity index (χ4n) is 4.01. The molecule has 0 saturated carbocycles.